The summed E-state index contributed by atoms with van der Waals surface area (Å²) in [5, 5.41) is 10.8. The Morgan fingerprint density at radius 2 is 2.11 bits per heavy atom. The van der Waals surface area contributed by atoms with Crippen molar-refractivity contribution in [2.75, 3.05) is 6.61 Å². The number of esters is 1. The molecule has 2 N–H and O–H groups in total. The Morgan fingerprint density at radius 1 is 1.42 bits per heavy atom. The minimum atomic E-state index is -0.797. The Kier molecular flexibility index (Phi) is 3.61. The highest BCUT2D eigenvalue weighted by Gasteiger charge is 2.23. The second kappa shape index (κ2) is 5.05. The average Bonchev–Trinajstić information content (AvgIpc) is 2.65. The van der Waals surface area contributed by atoms with Gasteiger partial charge in [0.15, 0.2) is 5.56 Å². The highest BCUT2D eigenvalue weighted by atomic mass is 32.1. The number of H-pyrrole nitrogens is 1. The molecule has 0 aliphatic rings. The zero-order chi connectivity index (χ0) is 14.2. The van der Waals surface area contributed by atoms with E-state index in [0.717, 1.165) is 10.4 Å². The summed E-state index contributed by atoms with van der Waals surface area (Å²) in [6.45, 7) is 5.68. The van der Waals surface area contributed by atoms with Crippen molar-refractivity contribution in [2.24, 2.45) is 0 Å². The largest absolute Gasteiger partial charge is 0.506 e. The molecule has 0 aliphatic carbocycles. The van der Waals surface area contributed by atoms with Crippen molar-refractivity contribution in [1.82, 2.24) is 4.98 Å². The molecular weight excluding hydrogens is 266 g/mol. The number of pyridine rings is 1. The van der Waals surface area contributed by atoms with Crippen molar-refractivity contribution in [3.63, 3.8) is 0 Å². The van der Waals surface area contributed by atoms with Crippen LogP contribution >= 0.6 is 11.3 Å². The van der Waals surface area contributed by atoms with Crippen molar-refractivity contribution < 1.29 is 14.6 Å². The standard InChI is InChI=1S/C13H15NO4S/c1-4-7-6(3)19-12-8(7)10(15)9(11(16)14-12)13(17)18-5-2/h4-5H2,1-3H3,(H2,14,15,16). The lowest BCUT2D eigenvalue weighted by Crippen LogP contribution is -2.19. The third-order valence-corrected chi connectivity index (χ3v) is 4.03. The molecule has 2 aromatic rings. The van der Waals surface area contributed by atoms with E-state index in [1.807, 2.05) is 13.8 Å². The van der Waals surface area contributed by atoms with Crippen molar-refractivity contribution in [3.8, 4) is 5.75 Å². The molecule has 0 amide bonds. The van der Waals surface area contributed by atoms with E-state index in [1.54, 1.807) is 6.92 Å². The van der Waals surface area contributed by atoms with Gasteiger partial charge in [0.25, 0.3) is 5.56 Å². The molecule has 5 nitrogen and oxygen atoms in total. The number of fused-ring (bicyclic) bond motifs is 1. The minimum absolute atomic E-state index is 0.152. The van der Waals surface area contributed by atoms with Gasteiger partial charge < -0.3 is 14.8 Å². The van der Waals surface area contributed by atoms with E-state index in [4.69, 9.17) is 4.74 Å². The molecule has 2 rings (SSSR count). The van der Waals surface area contributed by atoms with Crippen molar-refractivity contribution in [2.45, 2.75) is 27.2 Å². The van der Waals surface area contributed by atoms with Gasteiger partial charge in [-0.3, -0.25) is 4.79 Å². The third-order valence-electron chi connectivity index (χ3n) is 2.97. The zero-order valence-corrected chi connectivity index (χ0v) is 11.8. The normalized spacial score (nSPS) is 10.9. The number of carbonyl (C=O) groups excluding carboxylic acids is 1. The van der Waals surface area contributed by atoms with Crippen molar-refractivity contribution in [3.05, 3.63) is 26.4 Å². The minimum Gasteiger partial charge on any atom is -0.506 e. The van der Waals surface area contributed by atoms with Gasteiger partial charge in [0.1, 0.15) is 10.6 Å². The van der Waals surface area contributed by atoms with Crippen LogP contribution in [0.5, 0.6) is 5.75 Å². The highest BCUT2D eigenvalue weighted by molar-refractivity contribution is 7.18. The first-order chi connectivity index (χ1) is 9.01. The van der Waals surface area contributed by atoms with Gasteiger partial charge >= 0.3 is 5.97 Å². The first-order valence-corrected chi connectivity index (χ1v) is 6.87. The van der Waals surface area contributed by atoms with Gasteiger partial charge in [-0.2, -0.15) is 0 Å². The van der Waals surface area contributed by atoms with Crippen LogP contribution in [0.25, 0.3) is 10.2 Å². The second-order valence-corrected chi connectivity index (χ2v) is 5.32. The lowest BCUT2D eigenvalue weighted by Gasteiger charge is -2.05. The van der Waals surface area contributed by atoms with Gasteiger partial charge in [0, 0.05) is 4.88 Å². The topological polar surface area (TPSA) is 79.4 Å². The number of aromatic nitrogens is 1. The molecule has 2 aromatic heterocycles. The van der Waals surface area contributed by atoms with E-state index in [2.05, 4.69) is 4.98 Å². The molecule has 0 radical (unpaired) electrons. The molecule has 0 fully saturated rings. The molecule has 19 heavy (non-hydrogen) atoms. The lowest BCUT2D eigenvalue weighted by atomic mass is 10.1. The number of aromatic hydroxyl groups is 1. The molecule has 0 saturated carbocycles. The average molecular weight is 281 g/mol. The van der Waals surface area contributed by atoms with Gasteiger partial charge in [0.2, 0.25) is 0 Å². The fraction of sp³-hybridized carbons (Fsp3) is 0.385. The van der Waals surface area contributed by atoms with Crippen molar-refractivity contribution in [1.29, 1.82) is 0 Å². The van der Waals surface area contributed by atoms with Crippen LogP contribution in [-0.4, -0.2) is 22.7 Å². The number of ether oxygens (including phenoxy) is 1. The first kappa shape index (κ1) is 13.6. The number of hydrogen-bond donors (Lipinski definition) is 2. The second-order valence-electron chi connectivity index (χ2n) is 4.09. The van der Waals surface area contributed by atoms with Gasteiger partial charge in [-0.15, -0.1) is 11.3 Å². The van der Waals surface area contributed by atoms with Crippen LogP contribution in [0.2, 0.25) is 0 Å². The van der Waals surface area contributed by atoms with Gasteiger partial charge in [-0.1, -0.05) is 6.92 Å². The van der Waals surface area contributed by atoms with Gasteiger partial charge in [-0.05, 0) is 25.8 Å². The Morgan fingerprint density at radius 3 is 2.68 bits per heavy atom. The Labute approximate surface area is 113 Å². The number of aromatic amines is 1. The molecule has 0 aromatic carbocycles. The molecule has 0 saturated heterocycles. The molecule has 0 spiro atoms. The van der Waals surface area contributed by atoms with Gasteiger partial charge in [0.05, 0.1) is 12.0 Å². The maximum atomic E-state index is 11.9. The monoisotopic (exact) mass is 281 g/mol. The lowest BCUT2D eigenvalue weighted by molar-refractivity contribution is 0.0521. The summed E-state index contributed by atoms with van der Waals surface area (Å²) >= 11 is 1.40. The van der Waals surface area contributed by atoms with E-state index in [1.165, 1.54) is 11.3 Å². The molecule has 0 unspecified atom stereocenters. The smallest absolute Gasteiger partial charge is 0.347 e. The maximum absolute atomic E-state index is 11.9. The number of hydrogen-bond acceptors (Lipinski definition) is 5. The molecule has 2 heterocycles. The molecular formula is C13H15NO4S. The fourth-order valence-electron chi connectivity index (χ4n) is 2.13. The zero-order valence-electron chi connectivity index (χ0n) is 11.0. The quantitative estimate of drug-likeness (QED) is 0.846. The maximum Gasteiger partial charge on any atom is 0.347 e. The van der Waals surface area contributed by atoms with Crippen LogP contribution in [0.4, 0.5) is 0 Å². The van der Waals surface area contributed by atoms with Crippen molar-refractivity contribution >= 4 is 27.5 Å². The number of aryl methyl sites for hydroxylation is 2. The predicted molar refractivity (Wildman–Crippen MR) is 74.2 cm³/mol. The van der Waals surface area contributed by atoms with E-state index in [0.29, 0.717) is 16.6 Å². The fourth-order valence-corrected chi connectivity index (χ4v) is 3.28. The van der Waals surface area contributed by atoms with Crippen LogP contribution in [0.15, 0.2) is 4.79 Å². The van der Waals surface area contributed by atoms with Crippen LogP contribution in [0.1, 0.15) is 34.6 Å². The number of carbonyl (C=O) groups is 1. The molecule has 102 valence electrons. The molecule has 0 bridgehead atoms. The number of nitrogens with one attached hydrogen (secondary N) is 1. The first-order valence-electron chi connectivity index (χ1n) is 6.05. The van der Waals surface area contributed by atoms with Crippen LogP contribution in [-0.2, 0) is 11.2 Å². The summed E-state index contributed by atoms with van der Waals surface area (Å²) in [6.07, 6.45) is 0.716. The Bertz CT molecular complexity index is 699. The molecule has 0 aliphatic heterocycles. The van der Waals surface area contributed by atoms with Crippen LogP contribution in [0.3, 0.4) is 0 Å². The third kappa shape index (κ3) is 2.12. The predicted octanol–water partition coefficient (Wildman–Crippen LogP) is 2.34. The Balaban J connectivity index is 2.80. The van der Waals surface area contributed by atoms with Gasteiger partial charge in [-0.25, -0.2) is 4.79 Å². The van der Waals surface area contributed by atoms with E-state index < -0.39 is 11.5 Å². The SMILES string of the molecule is CCOC(=O)c1c(O)c2c(CC)c(C)sc2[nH]c1=O. The summed E-state index contributed by atoms with van der Waals surface area (Å²) in [5.41, 5.74) is 0.00787. The summed E-state index contributed by atoms with van der Waals surface area (Å²) < 4.78 is 4.80. The number of rotatable bonds is 3. The van der Waals surface area contributed by atoms with E-state index in [-0.39, 0.29) is 17.9 Å². The van der Waals surface area contributed by atoms with E-state index >= 15 is 0 Å². The molecule has 0 atom stereocenters. The summed E-state index contributed by atoms with van der Waals surface area (Å²) in [7, 11) is 0. The van der Waals surface area contributed by atoms with E-state index in [9.17, 15) is 14.7 Å². The molecule has 6 heteroatoms. The van der Waals surface area contributed by atoms with Crippen LogP contribution in [0, 0.1) is 6.92 Å². The van der Waals surface area contributed by atoms with Crippen LogP contribution < -0.4 is 5.56 Å². The summed E-state index contributed by atoms with van der Waals surface area (Å²) in [4.78, 5) is 27.8. The number of thiophene rings is 1. The Hall–Kier alpha value is -1.82. The highest BCUT2D eigenvalue weighted by Crippen LogP contribution is 2.36. The summed E-state index contributed by atoms with van der Waals surface area (Å²) in [6, 6.07) is 0. The summed E-state index contributed by atoms with van der Waals surface area (Å²) in [5.74, 6) is -1.08.